The van der Waals surface area contributed by atoms with E-state index in [0.29, 0.717) is 30.1 Å². The molecule has 2 aromatic heterocycles. The molecule has 11 nitrogen and oxygen atoms in total. The van der Waals surface area contributed by atoms with Crippen molar-refractivity contribution >= 4 is 27.0 Å². The van der Waals surface area contributed by atoms with Crippen molar-refractivity contribution in [2.45, 2.75) is 49.1 Å². The van der Waals surface area contributed by atoms with Crippen molar-refractivity contribution in [2.24, 2.45) is 0 Å². The molecule has 2 aliphatic heterocycles. The second-order valence-corrected chi connectivity index (χ2v) is 12.2. The van der Waals surface area contributed by atoms with Gasteiger partial charge in [-0.3, -0.25) is 9.36 Å². The smallest absolute Gasteiger partial charge is 0.354 e. The summed E-state index contributed by atoms with van der Waals surface area (Å²) in [4.78, 5) is 31.9. The lowest BCUT2D eigenvalue weighted by molar-refractivity contribution is -0.119. The average molecular weight is 577 g/mol. The molecule has 0 bridgehead atoms. The Morgan fingerprint density at radius 3 is 2.59 bits per heavy atom. The molecule has 6 rings (SSSR count). The van der Waals surface area contributed by atoms with Crippen LogP contribution in [0, 0.1) is 0 Å². The minimum Gasteiger partial charge on any atom is -0.493 e. The number of hydrogen-bond donors (Lipinski definition) is 4. The molecule has 2 aromatic carbocycles. The number of sulfonamides is 1. The topological polar surface area (TPSA) is 147 Å². The second-order valence-electron chi connectivity index (χ2n) is 10.5. The van der Waals surface area contributed by atoms with E-state index in [2.05, 4.69) is 25.3 Å². The molecule has 12 heteroatoms. The van der Waals surface area contributed by atoms with Gasteiger partial charge in [0.25, 0.3) is 0 Å². The number of piperidine rings is 1. The normalized spacial score (nSPS) is 18.0. The van der Waals surface area contributed by atoms with Gasteiger partial charge in [0.15, 0.2) is 0 Å². The van der Waals surface area contributed by atoms with Gasteiger partial charge >= 0.3 is 5.69 Å². The number of aromatic amines is 1. The molecular weight excluding hydrogens is 544 g/mol. The Balaban J connectivity index is 1.17. The number of hydrogen-bond acceptors (Lipinski definition) is 7. The summed E-state index contributed by atoms with van der Waals surface area (Å²) in [6.45, 7) is 2.05. The van der Waals surface area contributed by atoms with Crippen LogP contribution in [0.4, 0.5) is 0 Å². The number of amides is 1. The van der Waals surface area contributed by atoms with Gasteiger partial charge in [0.2, 0.25) is 15.9 Å². The van der Waals surface area contributed by atoms with Gasteiger partial charge in [-0.15, -0.1) is 0 Å². The summed E-state index contributed by atoms with van der Waals surface area (Å²) < 4.78 is 35.8. The quantitative estimate of drug-likeness (QED) is 0.239. The van der Waals surface area contributed by atoms with Crippen LogP contribution in [-0.4, -0.2) is 60.6 Å². The highest BCUT2D eigenvalue weighted by Gasteiger charge is 2.22. The van der Waals surface area contributed by atoms with E-state index in [4.69, 9.17) is 4.74 Å². The van der Waals surface area contributed by atoms with Gasteiger partial charge in [0.05, 0.1) is 17.2 Å². The van der Waals surface area contributed by atoms with Crippen LogP contribution in [0.2, 0.25) is 0 Å². The highest BCUT2D eigenvalue weighted by atomic mass is 32.2. The van der Waals surface area contributed by atoms with Crippen LogP contribution < -0.4 is 25.8 Å². The number of benzene rings is 2. The van der Waals surface area contributed by atoms with Gasteiger partial charge in [-0.1, -0.05) is 18.2 Å². The van der Waals surface area contributed by atoms with Crippen molar-refractivity contribution in [2.75, 3.05) is 19.7 Å². The molecule has 41 heavy (non-hydrogen) atoms. The number of carbonyl (C=O) groups is 1. The largest absolute Gasteiger partial charge is 0.493 e. The molecule has 1 atom stereocenters. The fraction of sp³-hybridized carbons (Fsp3) is 0.345. The first-order valence-electron chi connectivity index (χ1n) is 13.8. The molecule has 1 amide bonds. The fourth-order valence-electron chi connectivity index (χ4n) is 5.31. The van der Waals surface area contributed by atoms with E-state index in [1.807, 2.05) is 24.3 Å². The Hall–Kier alpha value is -4.00. The molecule has 0 radical (unpaired) electrons. The lowest BCUT2D eigenvalue weighted by Crippen LogP contribution is -2.42. The molecule has 4 N–H and O–H groups in total. The Labute approximate surface area is 237 Å². The zero-order valence-electron chi connectivity index (χ0n) is 22.4. The maximum atomic E-state index is 12.9. The van der Waals surface area contributed by atoms with E-state index < -0.39 is 15.7 Å². The Morgan fingerprint density at radius 2 is 1.83 bits per heavy atom. The van der Waals surface area contributed by atoms with Crippen LogP contribution in [0.25, 0.3) is 28.0 Å². The number of nitrogens with one attached hydrogen (secondary N) is 4. The number of rotatable bonds is 9. The minimum atomic E-state index is -3.61. The third kappa shape index (κ3) is 6.19. The zero-order valence-corrected chi connectivity index (χ0v) is 23.2. The maximum Gasteiger partial charge on any atom is 0.354 e. The average Bonchev–Trinajstić information content (AvgIpc) is 3.58. The van der Waals surface area contributed by atoms with Crippen LogP contribution in [-0.2, 0) is 14.8 Å². The SMILES string of the molecule is O=C1CC[C@@H](CCOc2cccc(-n3cc4cc(-c5ccc(S(=O)(=O)NC6CCNCC6)cc5)[nH]c4nc3=O)c2)N1. The molecule has 2 fully saturated rings. The van der Waals surface area contributed by atoms with Gasteiger partial charge in [0, 0.05) is 48.3 Å². The Kier molecular flexibility index (Phi) is 7.61. The molecule has 214 valence electrons. The summed E-state index contributed by atoms with van der Waals surface area (Å²) in [6, 6.07) is 15.8. The number of ether oxygens (including phenoxy) is 1. The number of H-pyrrole nitrogens is 1. The van der Waals surface area contributed by atoms with E-state index >= 15 is 0 Å². The molecule has 0 saturated carbocycles. The highest BCUT2D eigenvalue weighted by molar-refractivity contribution is 7.89. The van der Waals surface area contributed by atoms with Gasteiger partial charge in [-0.25, -0.2) is 17.9 Å². The molecule has 0 aliphatic carbocycles. The summed E-state index contributed by atoms with van der Waals surface area (Å²) in [6.07, 6.45) is 5.35. The standard InChI is InChI=1S/C29H32N6O5S/c36-27-9-6-21(31-27)12-15-40-24-3-1-2-23(17-24)35-18-20-16-26(32-28(20)33-29(35)37)19-4-7-25(8-5-19)41(38,39)34-22-10-13-30-14-11-22/h1-5,7-8,16-18,21-22,30,34H,6,9-15H2,(H,31,36)(H,32,33,37)/t21-/m0/s1. The summed E-state index contributed by atoms with van der Waals surface area (Å²) >= 11 is 0. The van der Waals surface area contributed by atoms with Crippen molar-refractivity contribution in [3.8, 4) is 22.7 Å². The van der Waals surface area contributed by atoms with Gasteiger partial charge in [0.1, 0.15) is 11.4 Å². The number of carbonyl (C=O) groups excluding carboxylic acids is 1. The fourth-order valence-corrected chi connectivity index (χ4v) is 6.62. The molecule has 4 aromatic rings. The first kappa shape index (κ1) is 27.2. The van der Waals surface area contributed by atoms with Crippen LogP contribution in [0.3, 0.4) is 0 Å². The van der Waals surface area contributed by atoms with Crippen LogP contribution >= 0.6 is 0 Å². The third-order valence-corrected chi connectivity index (χ3v) is 9.10. The molecule has 2 aliphatic rings. The maximum absolute atomic E-state index is 12.9. The molecule has 0 spiro atoms. The number of aromatic nitrogens is 3. The van der Waals surface area contributed by atoms with Crippen LogP contribution in [0.5, 0.6) is 5.75 Å². The van der Waals surface area contributed by atoms with Gasteiger partial charge in [-0.2, -0.15) is 4.98 Å². The van der Waals surface area contributed by atoms with Crippen molar-refractivity contribution < 1.29 is 17.9 Å². The zero-order chi connectivity index (χ0) is 28.4. The number of fused-ring (bicyclic) bond motifs is 1. The van der Waals surface area contributed by atoms with Gasteiger partial charge < -0.3 is 20.4 Å². The van der Waals surface area contributed by atoms with Crippen LogP contribution in [0.1, 0.15) is 32.1 Å². The summed E-state index contributed by atoms with van der Waals surface area (Å²) in [7, 11) is -3.61. The first-order chi connectivity index (χ1) is 19.8. The molecule has 0 unspecified atom stereocenters. The lowest BCUT2D eigenvalue weighted by Gasteiger charge is -2.23. The second kappa shape index (κ2) is 11.5. The van der Waals surface area contributed by atoms with E-state index in [-0.39, 0.29) is 22.9 Å². The van der Waals surface area contributed by atoms with Crippen molar-refractivity contribution in [1.82, 2.24) is 29.9 Å². The van der Waals surface area contributed by atoms with E-state index in [0.717, 1.165) is 55.4 Å². The van der Waals surface area contributed by atoms with E-state index in [1.54, 1.807) is 36.5 Å². The van der Waals surface area contributed by atoms with Crippen LogP contribution in [0.15, 0.2) is 70.5 Å². The Bertz CT molecular complexity index is 1720. The van der Waals surface area contributed by atoms with E-state index in [9.17, 15) is 18.0 Å². The minimum absolute atomic E-state index is 0.0675. The summed E-state index contributed by atoms with van der Waals surface area (Å²) in [5.41, 5.74) is 2.11. The summed E-state index contributed by atoms with van der Waals surface area (Å²) in [5, 5.41) is 6.89. The molecule has 4 heterocycles. The molecule has 2 saturated heterocycles. The lowest BCUT2D eigenvalue weighted by atomic mass is 10.1. The number of nitrogens with zero attached hydrogens (tertiary/aromatic N) is 2. The first-order valence-corrected chi connectivity index (χ1v) is 15.3. The van der Waals surface area contributed by atoms with Crippen molar-refractivity contribution in [3.63, 3.8) is 0 Å². The monoisotopic (exact) mass is 576 g/mol. The van der Waals surface area contributed by atoms with E-state index in [1.165, 1.54) is 4.57 Å². The third-order valence-electron chi connectivity index (χ3n) is 7.56. The Morgan fingerprint density at radius 1 is 1.02 bits per heavy atom. The van der Waals surface area contributed by atoms with Crippen molar-refractivity contribution in [3.05, 3.63) is 71.3 Å². The van der Waals surface area contributed by atoms with Crippen molar-refractivity contribution in [1.29, 1.82) is 0 Å². The predicted molar refractivity (Wildman–Crippen MR) is 155 cm³/mol. The molecular formula is C29H32N6O5S. The van der Waals surface area contributed by atoms with Gasteiger partial charge in [-0.05, 0) is 68.2 Å². The predicted octanol–water partition coefficient (Wildman–Crippen LogP) is 2.46. The highest BCUT2D eigenvalue weighted by Crippen LogP contribution is 2.25. The summed E-state index contributed by atoms with van der Waals surface area (Å²) in [5.74, 6) is 0.704.